The van der Waals surface area contributed by atoms with Gasteiger partial charge in [0.1, 0.15) is 16.4 Å². The number of rotatable bonds is 4. The van der Waals surface area contributed by atoms with Crippen molar-refractivity contribution in [2.45, 2.75) is 11.1 Å². The van der Waals surface area contributed by atoms with E-state index in [1.54, 1.807) is 6.07 Å². The summed E-state index contributed by atoms with van der Waals surface area (Å²) in [4.78, 5) is 11.8. The number of halogens is 5. The van der Waals surface area contributed by atoms with E-state index in [-0.39, 0.29) is 15.3 Å². The second-order valence-electron chi connectivity index (χ2n) is 5.84. The molecule has 0 atom stereocenters. The van der Waals surface area contributed by atoms with Crippen molar-refractivity contribution in [3.8, 4) is 11.8 Å². The van der Waals surface area contributed by atoms with Gasteiger partial charge in [0, 0.05) is 0 Å². The van der Waals surface area contributed by atoms with Crippen LogP contribution in [0.3, 0.4) is 0 Å². The topological polar surface area (TPSA) is 118 Å². The van der Waals surface area contributed by atoms with Crippen LogP contribution in [0.1, 0.15) is 21.7 Å². The summed E-state index contributed by atoms with van der Waals surface area (Å²) in [5, 5.41) is 14.7. The third-order valence-corrected chi connectivity index (χ3v) is 5.64. The van der Waals surface area contributed by atoms with E-state index in [2.05, 4.69) is 10.3 Å². The van der Waals surface area contributed by atoms with E-state index in [0.717, 1.165) is 18.2 Å². The molecule has 3 aromatic rings. The van der Waals surface area contributed by atoms with Crippen LogP contribution in [0.2, 0.25) is 5.02 Å². The minimum atomic E-state index is -5.27. The standard InChI is InChI=1S/C17H8ClF4N5O3S/c18-10-3-1-2-4-13(10)31(29,30)25-16(28)14-15(17(20,21)22)27(26-24-14)12-6-5-9(8-23)7-11(12)19/h1-7H,(H,25,28). The number of nitrogens with zero attached hydrogens (tertiary/aromatic N) is 4. The molecule has 8 nitrogen and oxygen atoms in total. The molecule has 0 aliphatic rings. The molecule has 14 heteroatoms. The Morgan fingerprint density at radius 3 is 2.45 bits per heavy atom. The van der Waals surface area contributed by atoms with Crippen molar-refractivity contribution < 1.29 is 30.8 Å². The highest BCUT2D eigenvalue weighted by Gasteiger charge is 2.43. The number of nitriles is 1. The zero-order valence-electron chi connectivity index (χ0n) is 14.9. The molecule has 0 spiro atoms. The lowest BCUT2D eigenvalue weighted by Crippen LogP contribution is -2.33. The van der Waals surface area contributed by atoms with Gasteiger partial charge in [0.2, 0.25) is 0 Å². The maximum Gasteiger partial charge on any atom is 0.435 e. The van der Waals surface area contributed by atoms with Crippen molar-refractivity contribution in [2.75, 3.05) is 0 Å². The molecule has 0 aliphatic carbocycles. The molecule has 160 valence electrons. The minimum absolute atomic E-state index is 0.00643. The molecule has 0 bridgehead atoms. The average molecular weight is 474 g/mol. The summed E-state index contributed by atoms with van der Waals surface area (Å²) in [7, 11) is -4.66. The summed E-state index contributed by atoms with van der Waals surface area (Å²) in [5.74, 6) is -3.00. The van der Waals surface area contributed by atoms with E-state index >= 15 is 0 Å². The van der Waals surface area contributed by atoms with Crippen molar-refractivity contribution in [1.29, 1.82) is 5.26 Å². The highest BCUT2D eigenvalue weighted by Crippen LogP contribution is 2.33. The Balaban J connectivity index is 2.08. The molecule has 1 aromatic heterocycles. The Morgan fingerprint density at radius 1 is 1.19 bits per heavy atom. The fourth-order valence-electron chi connectivity index (χ4n) is 2.49. The van der Waals surface area contributed by atoms with Gasteiger partial charge in [-0.05, 0) is 30.3 Å². The van der Waals surface area contributed by atoms with Gasteiger partial charge in [0.15, 0.2) is 11.4 Å². The molecule has 1 N–H and O–H groups in total. The van der Waals surface area contributed by atoms with E-state index in [4.69, 9.17) is 16.9 Å². The first-order chi connectivity index (χ1) is 14.5. The zero-order chi connectivity index (χ0) is 23.0. The maximum atomic E-state index is 14.2. The van der Waals surface area contributed by atoms with Crippen LogP contribution in [-0.2, 0) is 16.2 Å². The van der Waals surface area contributed by atoms with Gasteiger partial charge in [-0.3, -0.25) is 4.79 Å². The van der Waals surface area contributed by atoms with Crippen molar-refractivity contribution in [1.82, 2.24) is 19.7 Å². The monoisotopic (exact) mass is 473 g/mol. The Morgan fingerprint density at radius 2 is 1.87 bits per heavy atom. The third-order valence-electron chi connectivity index (χ3n) is 3.81. The zero-order valence-corrected chi connectivity index (χ0v) is 16.4. The molecule has 31 heavy (non-hydrogen) atoms. The smallest absolute Gasteiger partial charge is 0.266 e. The summed E-state index contributed by atoms with van der Waals surface area (Å²) in [5.41, 5.74) is -4.15. The van der Waals surface area contributed by atoms with Crippen molar-refractivity contribution in [3.05, 3.63) is 70.3 Å². The molecule has 2 aromatic carbocycles. The molecule has 0 aliphatic heterocycles. The summed E-state index contributed by atoms with van der Waals surface area (Å²) >= 11 is 5.76. The van der Waals surface area contributed by atoms with E-state index in [0.29, 0.717) is 6.07 Å². The van der Waals surface area contributed by atoms with Gasteiger partial charge in [-0.2, -0.15) is 18.4 Å². The molecule has 0 unspecified atom stereocenters. The largest absolute Gasteiger partial charge is 0.435 e. The third kappa shape index (κ3) is 4.35. The Bertz CT molecular complexity index is 1330. The number of nitrogens with one attached hydrogen (secondary N) is 1. The first-order valence-electron chi connectivity index (χ1n) is 8.00. The van der Waals surface area contributed by atoms with E-state index in [1.165, 1.54) is 22.9 Å². The molecule has 0 fully saturated rings. The van der Waals surface area contributed by atoms with Gasteiger partial charge < -0.3 is 0 Å². The SMILES string of the molecule is N#Cc1ccc(-n2nnc(C(=O)NS(=O)(=O)c3ccccc3Cl)c2C(F)(F)F)c(F)c1. The first-order valence-corrected chi connectivity index (χ1v) is 9.86. The van der Waals surface area contributed by atoms with Gasteiger partial charge in [-0.1, -0.05) is 28.9 Å². The normalized spacial score (nSPS) is 11.7. The predicted molar refractivity (Wildman–Crippen MR) is 97.1 cm³/mol. The number of hydrogen-bond donors (Lipinski definition) is 1. The Labute approximate surface area is 176 Å². The quantitative estimate of drug-likeness (QED) is 0.582. The van der Waals surface area contributed by atoms with Gasteiger partial charge >= 0.3 is 6.18 Å². The molecular weight excluding hydrogens is 466 g/mol. The Hall–Kier alpha value is -3.50. The van der Waals surface area contributed by atoms with E-state index < -0.39 is 49.9 Å². The lowest BCUT2D eigenvalue weighted by Gasteiger charge is -2.12. The fourth-order valence-corrected chi connectivity index (χ4v) is 3.97. The van der Waals surface area contributed by atoms with E-state index in [1.807, 2.05) is 0 Å². The highest BCUT2D eigenvalue weighted by molar-refractivity contribution is 7.90. The fraction of sp³-hybridized carbons (Fsp3) is 0.0588. The van der Waals surface area contributed by atoms with Gasteiger partial charge in [-0.25, -0.2) is 22.2 Å². The molecular formula is C17H8ClF4N5O3S. The molecule has 3 rings (SSSR count). The predicted octanol–water partition coefficient (Wildman–Crippen LogP) is 3.07. The van der Waals surface area contributed by atoms with Crippen molar-refractivity contribution in [2.24, 2.45) is 0 Å². The Kier molecular flexibility index (Phi) is 5.70. The molecule has 0 saturated carbocycles. The van der Waals surface area contributed by atoms with Crippen LogP contribution in [0.25, 0.3) is 5.69 Å². The number of carbonyl (C=O) groups is 1. The number of carbonyl (C=O) groups excluding carboxylic acids is 1. The van der Waals surface area contributed by atoms with Crippen LogP contribution in [-0.4, -0.2) is 29.3 Å². The molecule has 0 radical (unpaired) electrons. The number of amides is 1. The summed E-state index contributed by atoms with van der Waals surface area (Å²) in [6, 6.07) is 9.07. The summed E-state index contributed by atoms with van der Waals surface area (Å²) in [6.45, 7) is 0. The number of hydrogen-bond acceptors (Lipinski definition) is 6. The van der Waals surface area contributed by atoms with Gasteiger partial charge in [-0.15, -0.1) is 5.10 Å². The van der Waals surface area contributed by atoms with Crippen molar-refractivity contribution >= 4 is 27.5 Å². The average Bonchev–Trinajstić information content (AvgIpc) is 3.13. The summed E-state index contributed by atoms with van der Waals surface area (Å²) in [6.07, 6.45) is -5.27. The second kappa shape index (κ2) is 7.97. The molecule has 0 saturated heterocycles. The number of aromatic nitrogens is 3. The van der Waals surface area contributed by atoms with Crippen LogP contribution in [0, 0.1) is 17.1 Å². The molecule has 1 amide bonds. The first kappa shape index (κ1) is 22.2. The van der Waals surface area contributed by atoms with Crippen LogP contribution < -0.4 is 4.72 Å². The van der Waals surface area contributed by atoms with Crippen LogP contribution in [0.15, 0.2) is 47.4 Å². The minimum Gasteiger partial charge on any atom is -0.266 e. The second-order valence-corrected chi connectivity index (χ2v) is 7.90. The molecule has 1 heterocycles. The number of benzene rings is 2. The number of sulfonamides is 1. The van der Waals surface area contributed by atoms with Crippen molar-refractivity contribution in [3.63, 3.8) is 0 Å². The van der Waals surface area contributed by atoms with Gasteiger partial charge in [0.05, 0.1) is 16.7 Å². The lowest BCUT2D eigenvalue weighted by atomic mass is 10.2. The lowest BCUT2D eigenvalue weighted by molar-refractivity contribution is -0.143. The maximum absolute atomic E-state index is 14.2. The van der Waals surface area contributed by atoms with Crippen LogP contribution in [0.4, 0.5) is 17.6 Å². The summed E-state index contributed by atoms with van der Waals surface area (Å²) < 4.78 is 81.3. The van der Waals surface area contributed by atoms with Crippen LogP contribution >= 0.6 is 11.6 Å². The number of alkyl halides is 3. The van der Waals surface area contributed by atoms with Gasteiger partial charge in [0.25, 0.3) is 15.9 Å². The highest BCUT2D eigenvalue weighted by atomic mass is 35.5. The van der Waals surface area contributed by atoms with E-state index in [9.17, 15) is 30.8 Å². The van der Waals surface area contributed by atoms with Crippen LogP contribution in [0.5, 0.6) is 0 Å².